The summed E-state index contributed by atoms with van der Waals surface area (Å²) in [7, 11) is 0. The molecular formula is C20H19BrN2O4. The van der Waals surface area contributed by atoms with Crippen LogP contribution in [0.3, 0.4) is 0 Å². The molecule has 0 atom stereocenters. The number of phenolic OH excluding ortho intramolecular Hbond substituents is 1. The molecule has 0 saturated heterocycles. The van der Waals surface area contributed by atoms with Gasteiger partial charge in [-0.25, -0.2) is 0 Å². The lowest BCUT2D eigenvalue weighted by molar-refractivity contribution is -0.112. The Labute approximate surface area is 166 Å². The molecule has 0 heterocycles. The van der Waals surface area contributed by atoms with Crippen LogP contribution in [0.2, 0.25) is 0 Å². The van der Waals surface area contributed by atoms with Gasteiger partial charge in [0.2, 0.25) is 0 Å². The highest BCUT2D eigenvalue weighted by atomic mass is 79.9. The van der Waals surface area contributed by atoms with E-state index in [1.54, 1.807) is 43.3 Å². The predicted molar refractivity (Wildman–Crippen MR) is 107 cm³/mol. The number of nitrogens with zero attached hydrogens (tertiary/aromatic N) is 1. The van der Waals surface area contributed by atoms with Crippen molar-refractivity contribution in [1.82, 2.24) is 0 Å². The summed E-state index contributed by atoms with van der Waals surface area (Å²) >= 11 is 3.24. The molecule has 6 nitrogen and oxygen atoms in total. The quantitative estimate of drug-likeness (QED) is 0.498. The van der Waals surface area contributed by atoms with E-state index in [1.807, 2.05) is 13.0 Å². The SMILES string of the molecule is CCOc1cccc(NC(=O)/C(C#N)=C/c2cc(Br)c(O)c(OCC)c2)c1. The Morgan fingerprint density at radius 3 is 2.67 bits per heavy atom. The van der Waals surface area contributed by atoms with Crippen LogP contribution in [-0.2, 0) is 4.79 Å². The molecule has 2 rings (SSSR count). The van der Waals surface area contributed by atoms with Crippen LogP contribution in [0.5, 0.6) is 17.2 Å². The van der Waals surface area contributed by atoms with Gasteiger partial charge in [-0.2, -0.15) is 5.26 Å². The molecule has 0 bridgehead atoms. The third-order valence-corrected chi connectivity index (χ3v) is 4.03. The summed E-state index contributed by atoms with van der Waals surface area (Å²) in [6, 6.07) is 12.0. The molecule has 0 aromatic heterocycles. The van der Waals surface area contributed by atoms with Gasteiger partial charge in [-0.3, -0.25) is 4.79 Å². The number of hydrogen-bond acceptors (Lipinski definition) is 5. The maximum Gasteiger partial charge on any atom is 0.266 e. The highest BCUT2D eigenvalue weighted by Crippen LogP contribution is 2.36. The number of ether oxygens (including phenoxy) is 2. The van der Waals surface area contributed by atoms with Crippen molar-refractivity contribution in [2.45, 2.75) is 13.8 Å². The summed E-state index contributed by atoms with van der Waals surface area (Å²) < 4.78 is 11.2. The number of nitrogens with one attached hydrogen (secondary N) is 1. The number of halogens is 1. The molecule has 2 aromatic rings. The molecule has 1 amide bonds. The molecule has 2 N–H and O–H groups in total. The van der Waals surface area contributed by atoms with Gasteiger partial charge in [-0.15, -0.1) is 0 Å². The van der Waals surface area contributed by atoms with Crippen molar-refractivity contribution in [3.8, 4) is 23.3 Å². The second-order valence-corrected chi connectivity index (χ2v) is 6.22. The molecule has 0 radical (unpaired) electrons. The Morgan fingerprint density at radius 2 is 2.00 bits per heavy atom. The lowest BCUT2D eigenvalue weighted by Gasteiger charge is -2.09. The molecule has 0 aliphatic carbocycles. The largest absolute Gasteiger partial charge is 0.503 e. The zero-order valence-corrected chi connectivity index (χ0v) is 16.5. The van der Waals surface area contributed by atoms with Crippen molar-refractivity contribution in [2.75, 3.05) is 18.5 Å². The molecule has 0 saturated carbocycles. The average molecular weight is 431 g/mol. The van der Waals surface area contributed by atoms with Crippen LogP contribution in [0, 0.1) is 11.3 Å². The van der Waals surface area contributed by atoms with Crippen molar-refractivity contribution >= 4 is 33.6 Å². The third kappa shape index (κ3) is 5.50. The molecular weight excluding hydrogens is 412 g/mol. The number of aromatic hydroxyl groups is 1. The van der Waals surface area contributed by atoms with Crippen LogP contribution >= 0.6 is 15.9 Å². The first-order valence-electron chi connectivity index (χ1n) is 8.29. The fraction of sp³-hybridized carbons (Fsp3) is 0.200. The fourth-order valence-corrected chi connectivity index (χ4v) is 2.75. The summed E-state index contributed by atoms with van der Waals surface area (Å²) in [5.41, 5.74) is 0.976. The number of hydrogen-bond donors (Lipinski definition) is 2. The summed E-state index contributed by atoms with van der Waals surface area (Å²) in [5.74, 6) is 0.305. The Bertz CT molecular complexity index is 903. The first-order valence-corrected chi connectivity index (χ1v) is 9.09. The van der Waals surface area contributed by atoms with Gasteiger partial charge in [0.15, 0.2) is 11.5 Å². The van der Waals surface area contributed by atoms with E-state index in [0.29, 0.717) is 34.7 Å². The first kappa shape index (κ1) is 20.3. The summed E-state index contributed by atoms with van der Waals surface area (Å²) in [6.45, 7) is 4.54. The van der Waals surface area contributed by atoms with E-state index < -0.39 is 5.91 Å². The molecule has 2 aromatic carbocycles. The number of amides is 1. The molecule has 0 aliphatic rings. The van der Waals surface area contributed by atoms with Crippen molar-refractivity contribution in [1.29, 1.82) is 5.26 Å². The standard InChI is InChI=1S/C20H19BrN2O4/c1-3-26-16-7-5-6-15(11-16)23-20(25)14(12-22)8-13-9-17(21)19(24)18(10-13)27-4-2/h5-11,24H,3-4H2,1-2H3,(H,23,25)/b14-8+. The highest BCUT2D eigenvalue weighted by Gasteiger charge is 2.13. The van der Waals surface area contributed by atoms with Gasteiger partial charge in [0.05, 0.1) is 17.7 Å². The Morgan fingerprint density at radius 1 is 1.26 bits per heavy atom. The molecule has 0 unspecified atom stereocenters. The van der Waals surface area contributed by atoms with E-state index in [2.05, 4.69) is 21.2 Å². The van der Waals surface area contributed by atoms with E-state index in [4.69, 9.17) is 9.47 Å². The predicted octanol–water partition coefficient (Wildman–Crippen LogP) is 4.50. The number of carbonyl (C=O) groups is 1. The van der Waals surface area contributed by atoms with Crippen molar-refractivity contribution < 1.29 is 19.4 Å². The van der Waals surface area contributed by atoms with Gasteiger partial charge in [-0.1, -0.05) is 6.07 Å². The molecule has 140 valence electrons. The molecule has 7 heteroatoms. The molecule has 0 fully saturated rings. The van der Waals surface area contributed by atoms with E-state index >= 15 is 0 Å². The molecule has 0 spiro atoms. The zero-order chi connectivity index (χ0) is 19.8. The lowest BCUT2D eigenvalue weighted by atomic mass is 10.1. The van der Waals surface area contributed by atoms with Gasteiger partial charge >= 0.3 is 0 Å². The maximum atomic E-state index is 12.4. The van der Waals surface area contributed by atoms with E-state index in [-0.39, 0.29) is 17.1 Å². The van der Waals surface area contributed by atoms with Gasteiger partial charge < -0.3 is 19.9 Å². The van der Waals surface area contributed by atoms with Crippen LogP contribution in [0.1, 0.15) is 19.4 Å². The second kappa shape index (κ2) is 9.64. The number of rotatable bonds is 7. The normalized spacial score (nSPS) is 10.8. The lowest BCUT2D eigenvalue weighted by Crippen LogP contribution is -2.13. The fourth-order valence-electron chi connectivity index (χ4n) is 2.29. The monoisotopic (exact) mass is 430 g/mol. The number of benzene rings is 2. The summed E-state index contributed by atoms with van der Waals surface area (Å²) in [5, 5.41) is 22.0. The van der Waals surface area contributed by atoms with Crippen LogP contribution in [0.15, 0.2) is 46.4 Å². The number of anilines is 1. The van der Waals surface area contributed by atoms with Crippen LogP contribution < -0.4 is 14.8 Å². The molecule has 27 heavy (non-hydrogen) atoms. The maximum absolute atomic E-state index is 12.4. The minimum absolute atomic E-state index is 0.0373. The summed E-state index contributed by atoms with van der Waals surface area (Å²) in [4.78, 5) is 12.4. The Balaban J connectivity index is 2.27. The average Bonchev–Trinajstić information content (AvgIpc) is 2.64. The highest BCUT2D eigenvalue weighted by molar-refractivity contribution is 9.10. The number of phenols is 1. The Hall–Kier alpha value is -2.98. The topological polar surface area (TPSA) is 91.6 Å². The number of nitriles is 1. The van der Waals surface area contributed by atoms with E-state index in [0.717, 1.165) is 0 Å². The minimum atomic E-state index is -0.548. The summed E-state index contributed by atoms with van der Waals surface area (Å²) in [6.07, 6.45) is 1.43. The van der Waals surface area contributed by atoms with Gasteiger partial charge in [-0.05, 0) is 65.7 Å². The van der Waals surface area contributed by atoms with Gasteiger partial charge in [0, 0.05) is 11.8 Å². The van der Waals surface area contributed by atoms with Gasteiger partial charge in [0.25, 0.3) is 5.91 Å². The first-order chi connectivity index (χ1) is 13.0. The van der Waals surface area contributed by atoms with Crippen molar-refractivity contribution in [3.63, 3.8) is 0 Å². The van der Waals surface area contributed by atoms with E-state index in [9.17, 15) is 15.2 Å². The van der Waals surface area contributed by atoms with Gasteiger partial charge in [0.1, 0.15) is 17.4 Å². The molecule has 0 aliphatic heterocycles. The van der Waals surface area contributed by atoms with Crippen LogP contribution in [0.4, 0.5) is 5.69 Å². The minimum Gasteiger partial charge on any atom is -0.503 e. The zero-order valence-electron chi connectivity index (χ0n) is 15.0. The van der Waals surface area contributed by atoms with Crippen molar-refractivity contribution in [2.24, 2.45) is 0 Å². The van der Waals surface area contributed by atoms with Crippen molar-refractivity contribution in [3.05, 3.63) is 52.0 Å². The Kier molecular flexibility index (Phi) is 7.26. The van der Waals surface area contributed by atoms with Crippen LogP contribution in [0.25, 0.3) is 6.08 Å². The smallest absolute Gasteiger partial charge is 0.266 e. The third-order valence-electron chi connectivity index (χ3n) is 3.43. The second-order valence-electron chi connectivity index (χ2n) is 5.37. The van der Waals surface area contributed by atoms with Crippen LogP contribution in [-0.4, -0.2) is 24.2 Å². The van der Waals surface area contributed by atoms with E-state index in [1.165, 1.54) is 6.08 Å². The number of carbonyl (C=O) groups excluding carboxylic acids is 1.